The van der Waals surface area contributed by atoms with Crippen molar-refractivity contribution in [3.05, 3.63) is 0 Å². The van der Waals surface area contributed by atoms with Crippen LogP contribution in [0.2, 0.25) is 0 Å². The first-order valence-corrected chi connectivity index (χ1v) is 7.19. The third-order valence-corrected chi connectivity index (χ3v) is 1.79. The number of phosphoric acid groups is 1. The number of phosphoric ester groups is 1. The summed E-state index contributed by atoms with van der Waals surface area (Å²) >= 11 is 3.76. The third-order valence-electron chi connectivity index (χ3n) is 0.447. The molecule has 0 rings (SSSR count). The lowest BCUT2D eigenvalue weighted by Gasteiger charge is -2.31. The van der Waals surface area contributed by atoms with Crippen LogP contribution >= 0.6 is 14.5 Å². The van der Waals surface area contributed by atoms with E-state index in [2.05, 4.69) is 20.9 Å². The van der Waals surface area contributed by atoms with Crippen LogP contribution in [0.15, 0.2) is 0 Å². The summed E-state index contributed by atoms with van der Waals surface area (Å²) in [4.78, 5) is 37.7. The molecule has 0 aromatic heterocycles. The largest absolute Gasteiger partial charge is 0.812 e. The molecule has 2 N–H and O–H groups in total. The van der Waals surface area contributed by atoms with Gasteiger partial charge in [-0.3, -0.25) is 0 Å². The van der Waals surface area contributed by atoms with E-state index in [9.17, 15) is 24.1 Å². The Bertz CT molecular complexity index is 176. The lowest BCUT2D eigenvalue weighted by Crippen LogP contribution is -2.14. The van der Waals surface area contributed by atoms with Crippen molar-refractivity contribution in [3.8, 4) is 0 Å². The van der Waals surface area contributed by atoms with E-state index in [-0.39, 0.29) is 0 Å². The molecule has 0 aliphatic rings. The van der Waals surface area contributed by atoms with Crippen LogP contribution in [0.5, 0.6) is 0 Å². The Morgan fingerprint density at radius 1 is 0.938 bits per heavy atom. The second-order valence-electron chi connectivity index (χ2n) is 1.26. The molecule has 0 amide bonds. The van der Waals surface area contributed by atoms with Crippen LogP contribution in [0, 0.1) is 0 Å². The van der Waals surface area contributed by atoms with Gasteiger partial charge in [0.15, 0.2) is 0 Å². The van der Waals surface area contributed by atoms with E-state index in [1.807, 2.05) is 0 Å². The topological polar surface area (TPSA) is 168 Å². The van der Waals surface area contributed by atoms with Gasteiger partial charge in [-0.2, -0.15) is 0 Å². The lowest BCUT2D eigenvalue weighted by molar-refractivity contribution is -0.339. The second-order valence-corrected chi connectivity index (χ2v) is 5.12. The molecule has 12 heteroatoms. The first kappa shape index (κ1) is 25.4. The third kappa shape index (κ3) is 62.2. The molecular formula is C4H14O9P2S-4. The van der Waals surface area contributed by atoms with E-state index in [1.165, 1.54) is 0 Å². The molecule has 0 aromatic carbocycles. The SMILES string of the molecule is CO.CO.COP(=O)([O-])[O-].COP([O-])([O-])=S. The first-order valence-electron chi connectivity index (χ1n) is 3.17. The van der Waals surface area contributed by atoms with Gasteiger partial charge in [-0.25, -0.2) is 0 Å². The maximum Gasteiger partial charge on any atom is 0.0592 e. The van der Waals surface area contributed by atoms with E-state index in [0.717, 1.165) is 28.4 Å². The minimum absolute atomic E-state index is 0.820. The Morgan fingerprint density at radius 3 is 1.06 bits per heavy atom. The van der Waals surface area contributed by atoms with E-state index >= 15 is 0 Å². The zero-order chi connectivity index (χ0) is 14.4. The fourth-order valence-electron chi connectivity index (χ4n) is 0. The number of hydrogen-bond acceptors (Lipinski definition) is 10. The monoisotopic (exact) mass is 300 g/mol. The van der Waals surface area contributed by atoms with Crippen molar-refractivity contribution in [1.82, 2.24) is 0 Å². The molecule has 0 aromatic rings. The van der Waals surface area contributed by atoms with Gasteiger partial charge in [-0.1, -0.05) is 6.72 Å². The molecule has 0 heterocycles. The van der Waals surface area contributed by atoms with E-state index < -0.39 is 14.5 Å². The molecule has 0 atom stereocenters. The van der Waals surface area contributed by atoms with Gasteiger partial charge in [-0.15, -0.1) is 11.8 Å². The smallest absolute Gasteiger partial charge is 0.0592 e. The van der Waals surface area contributed by atoms with Crippen molar-refractivity contribution in [2.45, 2.75) is 0 Å². The summed E-state index contributed by atoms with van der Waals surface area (Å²) in [5.74, 6) is 0. The highest BCUT2D eigenvalue weighted by Gasteiger charge is 1.75. The molecule has 0 spiro atoms. The van der Waals surface area contributed by atoms with Gasteiger partial charge in [0.25, 0.3) is 0 Å². The number of aliphatic hydroxyl groups is 2. The number of aliphatic hydroxyl groups excluding tert-OH is 2. The van der Waals surface area contributed by atoms with Crippen LogP contribution in [-0.2, 0) is 25.4 Å². The summed E-state index contributed by atoms with van der Waals surface area (Å²) in [6.07, 6.45) is 0. The molecule has 16 heavy (non-hydrogen) atoms. The van der Waals surface area contributed by atoms with Crippen molar-refractivity contribution in [1.29, 1.82) is 0 Å². The summed E-state index contributed by atoms with van der Waals surface area (Å²) in [5.41, 5.74) is 0. The second kappa shape index (κ2) is 15.6. The number of rotatable bonds is 2. The Labute approximate surface area is 98.8 Å². The van der Waals surface area contributed by atoms with Crippen LogP contribution in [0.25, 0.3) is 0 Å². The van der Waals surface area contributed by atoms with Gasteiger partial charge in [0.1, 0.15) is 0 Å². The predicted molar refractivity (Wildman–Crippen MR) is 52.2 cm³/mol. The van der Waals surface area contributed by atoms with Crippen molar-refractivity contribution in [2.75, 3.05) is 28.4 Å². The Morgan fingerprint density at radius 2 is 1.06 bits per heavy atom. The van der Waals surface area contributed by atoms with Gasteiger partial charge in [-0.05, 0) is 0 Å². The quantitative estimate of drug-likeness (QED) is 0.483. The maximum atomic E-state index is 9.62. The zero-order valence-corrected chi connectivity index (χ0v) is 11.7. The molecule has 0 aliphatic heterocycles. The Hall–Kier alpha value is 0.560. The van der Waals surface area contributed by atoms with E-state index in [1.54, 1.807) is 0 Å². The lowest BCUT2D eigenvalue weighted by atomic mass is 11.8. The molecule has 0 unspecified atom stereocenters. The predicted octanol–water partition coefficient (Wildman–Crippen LogP) is -3.74. The fourth-order valence-corrected chi connectivity index (χ4v) is 0. The minimum atomic E-state index is -4.65. The van der Waals surface area contributed by atoms with Crippen LogP contribution in [0.1, 0.15) is 0 Å². The van der Waals surface area contributed by atoms with Gasteiger partial charge >= 0.3 is 0 Å². The molecule has 9 nitrogen and oxygen atoms in total. The Kier molecular flexibility index (Phi) is 24.7. The maximum absolute atomic E-state index is 9.62. The average Bonchev–Trinajstić information content (AvgIpc) is 2.23. The molecular weight excluding hydrogens is 286 g/mol. The summed E-state index contributed by atoms with van der Waals surface area (Å²) in [7, 11) is -0.798. The normalized spacial score (nSPS) is 9.62. The van der Waals surface area contributed by atoms with Crippen LogP contribution < -0.4 is 19.6 Å². The van der Waals surface area contributed by atoms with E-state index in [4.69, 9.17) is 10.2 Å². The van der Waals surface area contributed by atoms with Crippen LogP contribution in [-0.4, -0.2) is 38.7 Å². The first-order chi connectivity index (χ1) is 7.12. The highest BCUT2D eigenvalue weighted by Crippen LogP contribution is 2.21. The molecule has 0 aliphatic carbocycles. The van der Waals surface area contributed by atoms with Gasteiger partial charge in [0.05, 0.1) is 7.82 Å². The Balaban J connectivity index is -0.0000000686. The van der Waals surface area contributed by atoms with Crippen LogP contribution in [0.4, 0.5) is 0 Å². The highest BCUT2D eigenvalue weighted by atomic mass is 32.5. The summed E-state index contributed by atoms with van der Waals surface area (Å²) in [5, 5.41) is 14.0. The van der Waals surface area contributed by atoms with Gasteiger partial charge < -0.3 is 43.4 Å². The molecule has 0 radical (unpaired) electrons. The summed E-state index contributed by atoms with van der Waals surface area (Å²) in [6, 6.07) is 0. The van der Waals surface area contributed by atoms with E-state index in [0.29, 0.717) is 0 Å². The van der Waals surface area contributed by atoms with Gasteiger partial charge in [0, 0.05) is 28.4 Å². The standard InChI is InChI=1S/CH5O4P.CH5O3PS.2CH4O/c1-5-6(2,3)4;1-4-5(2,3)6;2*1-2/h1H3,(H2,2,3,4);1H3,(H2,2,3,6);2*2H,1H3/p-4. The molecule has 0 fully saturated rings. The van der Waals surface area contributed by atoms with Crippen molar-refractivity contribution in [2.24, 2.45) is 0 Å². The minimum Gasteiger partial charge on any atom is -0.812 e. The molecule has 0 bridgehead atoms. The fraction of sp³-hybridized carbons (Fsp3) is 1.00. The van der Waals surface area contributed by atoms with Crippen LogP contribution in [0.3, 0.4) is 0 Å². The molecule has 104 valence electrons. The zero-order valence-electron chi connectivity index (χ0n) is 9.05. The highest BCUT2D eigenvalue weighted by molar-refractivity contribution is 8.05. The number of hydrogen-bond donors (Lipinski definition) is 2. The summed E-state index contributed by atoms with van der Waals surface area (Å²) < 4.78 is 16.4. The molecule has 0 saturated carbocycles. The summed E-state index contributed by atoms with van der Waals surface area (Å²) in [6.45, 7) is -3.81. The van der Waals surface area contributed by atoms with Crippen molar-refractivity contribution < 1.29 is 43.4 Å². The van der Waals surface area contributed by atoms with Crippen molar-refractivity contribution >= 4 is 26.3 Å². The molecule has 0 saturated heterocycles. The van der Waals surface area contributed by atoms with Crippen molar-refractivity contribution in [3.63, 3.8) is 0 Å². The average molecular weight is 300 g/mol. The van der Waals surface area contributed by atoms with Gasteiger partial charge in [0.2, 0.25) is 0 Å².